The molecule has 0 saturated carbocycles. The molecule has 0 atom stereocenters. The van der Waals surface area contributed by atoms with Gasteiger partial charge >= 0.3 is 0 Å². The molecular formula is C16H16N4O2S. The molecular weight excluding hydrogens is 312 g/mol. The van der Waals surface area contributed by atoms with Crippen LogP contribution >= 0.6 is 11.3 Å². The second-order valence-corrected chi connectivity index (χ2v) is 6.15. The third-order valence-electron chi connectivity index (χ3n) is 4.05. The van der Waals surface area contributed by atoms with Gasteiger partial charge in [-0.15, -0.1) is 11.3 Å². The minimum Gasteiger partial charge on any atom is -0.482 e. The van der Waals surface area contributed by atoms with E-state index in [9.17, 15) is 4.79 Å². The van der Waals surface area contributed by atoms with Crippen LogP contribution in [0.3, 0.4) is 0 Å². The molecule has 0 bridgehead atoms. The van der Waals surface area contributed by atoms with Gasteiger partial charge in [-0.3, -0.25) is 9.20 Å². The lowest BCUT2D eigenvalue weighted by Gasteiger charge is -2.28. The molecule has 3 heterocycles. The van der Waals surface area contributed by atoms with Crippen molar-refractivity contribution in [2.45, 2.75) is 13.5 Å². The maximum atomic E-state index is 12.0. The predicted molar refractivity (Wildman–Crippen MR) is 89.9 cm³/mol. The van der Waals surface area contributed by atoms with Crippen molar-refractivity contribution < 1.29 is 9.53 Å². The minimum atomic E-state index is -0.0259. The summed E-state index contributed by atoms with van der Waals surface area (Å²) in [6, 6.07) is 5.82. The quantitative estimate of drug-likeness (QED) is 0.800. The molecule has 0 aliphatic carbocycles. The highest BCUT2D eigenvalue weighted by Crippen LogP contribution is 2.37. The number of ether oxygens (including phenoxy) is 1. The molecule has 118 valence electrons. The number of fused-ring (bicyclic) bond motifs is 2. The van der Waals surface area contributed by atoms with E-state index in [-0.39, 0.29) is 12.5 Å². The van der Waals surface area contributed by atoms with Gasteiger partial charge in [0, 0.05) is 30.2 Å². The minimum absolute atomic E-state index is 0.0259. The number of thiazole rings is 1. The number of aromatic nitrogens is 2. The summed E-state index contributed by atoms with van der Waals surface area (Å²) in [6.07, 6.45) is 1.97. The Bertz CT molecular complexity index is 899. The first-order valence-electron chi connectivity index (χ1n) is 7.45. The molecule has 1 amide bonds. The van der Waals surface area contributed by atoms with Crippen LogP contribution in [0.1, 0.15) is 12.6 Å². The number of nitrogens with two attached hydrogens (primary N) is 1. The van der Waals surface area contributed by atoms with E-state index in [4.69, 9.17) is 10.5 Å². The smallest absolute Gasteiger partial charge is 0.265 e. The lowest BCUT2D eigenvalue weighted by molar-refractivity contribution is -0.121. The lowest BCUT2D eigenvalue weighted by Crippen LogP contribution is -2.38. The maximum Gasteiger partial charge on any atom is 0.265 e. The summed E-state index contributed by atoms with van der Waals surface area (Å²) in [4.78, 5) is 19.4. The van der Waals surface area contributed by atoms with Crippen LogP contribution in [0.4, 0.5) is 5.69 Å². The Morgan fingerprint density at radius 2 is 2.30 bits per heavy atom. The molecule has 0 saturated heterocycles. The zero-order valence-corrected chi connectivity index (χ0v) is 13.5. The normalized spacial score (nSPS) is 14.2. The number of benzene rings is 1. The molecule has 2 N–H and O–H groups in total. The highest BCUT2D eigenvalue weighted by molar-refractivity contribution is 7.15. The van der Waals surface area contributed by atoms with Gasteiger partial charge in [-0.2, -0.15) is 0 Å². The van der Waals surface area contributed by atoms with Crippen molar-refractivity contribution in [1.29, 1.82) is 0 Å². The third kappa shape index (κ3) is 2.12. The van der Waals surface area contributed by atoms with Crippen molar-refractivity contribution in [2.24, 2.45) is 5.73 Å². The van der Waals surface area contributed by atoms with Crippen LogP contribution in [-0.2, 0) is 11.3 Å². The van der Waals surface area contributed by atoms with E-state index >= 15 is 0 Å². The first-order valence-corrected chi connectivity index (χ1v) is 8.33. The van der Waals surface area contributed by atoms with E-state index in [0.29, 0.717) is 13.1 Å². The third-order valence-corrected chi connectivity index (χ3v) is 4.80. The van der Waals surface area contributed by atoms with Crippen molar-refractivity contribution in [1.82, 2.24) is 9.38 Å². The highest BCUT2D eigenvalue weighted by atomic mass is 32.1. The zero-order chi connectivity index (χ0) is 16.0. The average molecular weight is 328 g/mol. The van der Waals surface area contributed by atoms with Crippen molar-refractivity contribution in [3.05, 3.63) is 35.5 Å². The van der Waals surface area contributed by atoms with Crippen LogP contribution in [0.5, 0.6) is 5.75 Å². The van der Waals surface area contributed by atoms with E-state index in [0.717, 1.165) is 33.3 Å². The number of carbonyl (C=O) groups is 1. The summed E-state index contributed by atoms with van der Waals surface area (Å²) in [5, 5.41) is 1.99. The molecule has 3 aromatic rings. The fourth-order valence-corrected chi connectivity index (χ4v) is 3.69. The molecule has 0 unspecified atom stereocenters. The van der Waals surface area contributed by atoms with E-state index in [1.807, 2.05) is 41.1 Å². The van der Waals surface area contributed by atoms with Gasteiger partial charge < -0.3 is 15.4 Å². The van der Waals surface area contributed by atoms with Crippen LogP contribution in [0.15, 0.2) is 29.8 Å². The van der Waals surface area contributed by atoms with Crippen molar-refractivity contribution >= 4 is 27.9 Å². The van der Waals surface area contributed by atoms with Gasteiger partial charge in [-0.1, -0.05) is 0 Å². The summed E-state index contributed by atoms with van der Waals surface area (Å²) in [7, 11) is 0. The molecule has 6 nitrogen and oxygen atoms in total. The Kier molecular flexibility index (Phi) is 3.32. The van der Waals surface area contributed by atoms with E-state index in [1.165, 1.54) is 0 Å². The monoisotopic (exact) mass is 328 g/mol. The second kappa shape index (κ2) is 5.36. The largest absolute Gasteiger partial charge is 0.482 e. The fraction of sp³-hybridized carbons (Fsp3) is 0.250. The molecule has 23 heavy (non-hydrogen) atoms. The first-order chi connectivity index (χ1) is 11.2. The number of likely N-dealkylation sites (N-methyl/N-ethyl adjacent to an activating group) is 1. The Balaban J connectivity index is 1.87. The van der Waals surface area contributed by atoms with Crippen LogP contribution in [0.2, 0.25) is 0 Å². The highest BCUT2D eigenvalue weighted by Gasteiger charge is 2.25. The summed E-state index contributed by atoms with van der Waals surface area (Å²) >= 11 is 1.57. The number of hydrogen-bond donors (Lipinski definition) is 1. The number of hydrogen-bond acceptors (Lipinski definition) is 5. The standard InChI is InChI=1S/C16H16N4O2S/c1-2-19-11-7-10(3-4-13(11)22-9-14(19)21)15-12(8-17)20-5-6-23-16(20)18-15/h3-7H,2,8-9,17H2,1H3. The molecule has 1 aromatic carbocycles. The number of nitrogens with zero attached hydrogens (tertiary/aromatic N) is 3. The average Bonchev–Trinajstić information content (AvgIpc) is 3.14. The van der Waals surface area contributed by atoms with Crippen LogP contribution in [0, 0.1) is 0 Å². The van der Waals surface area contributed by atoms with Gasteiger partial charge in [0.15, 0.2) is 11.6 Å². The second-order valence-electron chi connectivity index (χ2n) is 5.28. The molecule has 4 rings (SSSR count). The molecule has 1 aliphatic rings. The summed E-state index contributed by atoms with van der Waals surface area (Å²) in [6.45, 7) is 3.06. The van der Waals surface area contributed by atoms with E-state index in [1.54, 1.807) is 16.2 Å². The zero-order valence-electron chi connectivity index (χ0n) is 12.7. The van der Waals surface area contributed by atoms with Gasteiger partial charge in [0.1, 0.15) is 5.75 Å². The molecule has 0 spiro atoms. The predicted octanol–water partition coefficient (Wildman–Crippen LogP) is 2.27. The SMILES string of the molecule is CCN1C(=O)COc2ccc(-c3nc4sccn4c3CN)cc21. The van der Waals surface area contributed by atoms with E-state index < -0.39 is 0 Å². The lowest BCUT2D eigenvalue weighted by atomic mass is 10.1. The van der Waals surface area contributed by atoms with Crippen LogP contribution in [-0.4, -0.2) is 28.4 Å². The summed E-state index contributed by atoms with van der Waals surface area (Å²) < 4.78 is 7.53. The Morgan fingerprint density at radius 3 is 3.09 bits per heavy atom. The van der Waals surface area contributed by atoms with Crippen LogP contribution < -0.4 is 15.4 Å². The Hall–Kier alpha value is -2.38. The number of rotatable bonds is 3. The van der Waals surface area contributed by atoms with Crippen molar-refractivity contribution in [2.75, 3.05) is 18.1 Å². The Morgan fingerprint density at radius 1 is 1.43 bits per heavy atom. The molecule has 2 aromatic heterocycles. The van der Waals surface area contributed by atoms with Crippen LogP contribution in [0.25, 0.3) is 16.2 Å². The number of anilines is 1. The van der Waals surface area contributed by atoms with Crippen molar-refractivity contribution in [3.8, 4) is 17.0 Å². The molecule has 7 heteroatoms. The number of carbonyl (C=O) groups excluding carboxylic acids is 1. The van der Waals surface area contributed by atoms with Gasteiger partial charge in [0.2, 0.25) is 0 Å². The van der Waals surface area contributed by atoms with Gasteiger partial charge in [0.25, 0.3) is 5.91 Å². The van der Waals surface area contributed by atoms with Gasteiger partial charge in [-0.05, 0) is 25.1 Å². The van der Waals surface area contributed by atoms with Crippen molar-refractivity contribution in [3.63, 3.8) is 0 Å². The topological polar surface area (TPSA) is 72.9 Å². The number of imidazole rings is 1. The van der Waals surface area contributed by atoms with Gasteiger partial charge in [-0.25, -0.2) is 4.98 Å². The summed E-state index contributed by atoms with van der Waals surface area (Å²) in [5.74, 6) is 0.701. The maximum absolute atomic E-state index is 12.0. The molecule has 0 fully saturated rings. The number of amides is 1. The fourth-order valence-electron chi connectivity index (χ4n) is 2.95. The summed E-state index contributed by atoms with van der Waals surface area (Å²) in [5.41, 5.74) is 9.48. The first kappa shape index (κ1) is 14.2. The molecule has 0 radical (unpaired) electrons. The Labute approximate surface area is 137 Å². The van der Waals surface area contributed by atoms with Gasteiger partial charge in [0.05, 0.1) is 17.1 Å². The van der Waals surface area contributed by atoms with E-state index in [2.05, 4.69) is 4.98 Å². The molecule has 1 aliphatic heterocycles.